The van der Waals surface area contributed by atoms with Crippen molar-refractivity contribution in [3.8, 4) is 0 Å². The number of hydrogen-bond acceptors (Lipinski definition) is 1. The molecule has 1 N–H and O–H groups in total. The van der Waals surface area contributed by atoms with Crippen LogP contribution in [-0.2, 0) is 6.54 Å². The summed E-state index contributed by atoms with van der Waals surface area (Å²) in [6, 6.07) is 10.6. The maximum Gasteiger partial charge on any atom is 0.123 e. The Hall–Kier alpha value is -0.810. The van der Waals surface area contributed by atoms with Crippen LogP contribution < -0.4 is 5.32 Å². The number of nitrogens with one attached hydrogen (secondary N) is 1. The Morgan fingerprint density at radius 3 is 2.72 bits per heavy atom. The lowest BCUT2D eigenvalue weighted by atomic mass is 10.1. The van der Waals surface area contributed by atoms with Gasteiger partial charge in [0.15, 0.2) is 0 Å². The maximum atomic E-state index is 13.2. The third kappa shape index (κ3) is 3.36. The highest BCUT2D eigenvalue weighted by atomic mass is 127. The molecule has 0 aliphatic rings. The van der Waals surface area contributed by atoms with E-state index in [1.165, 1.54) is 6.07 Å². The van der Waals surface area contributed by atoms with Crippen LogP contribution in [0.2, 0.25) is 5.02 Å². The summed E-state index contributed by atoms with van der Waals surface area (Å²) in [6.07, 6.45) is 0. The number of aryl methyl sites for hydroxylation is 1. The first kappa shape index (κ1) is 13.6. The molecule has 0 radical (unpaired) electrons. The van der Waals surface area contributed by atoms with E-state index in [2.05, 4.69) is 27.9 Å². The van der Waals surface area contributed by atoms with Crippen LogP contribution in [0.25, 0.3) is 0 Å². The zero-order chi connectivity index (χ0) is 13.1. The molecule has 0 aliphatic carbocycles. The molecule has 18 heavy (non-hydrogen) atoms. The van der Waals surface area contributed by atoms with E-state index in [9.17, 15) is 4.39 Å². The Morgan fingerprint density at radius 2 is 2.00 bits per heavy atom. The van der Waals surface area contributed by atoms with Crippen molar-refractivity contribution in [1.29, 1.82) is 0 Å². The smallest absolute Gasteiger partial charge is 0.123 e. The van der Waals surface area contributed by atoms with E-state index in [-0.39, 0.29) is 5.82 Å². The Balaban J connectivity index is 2.13. The van der Waals surface area contributed by atoms with Gasteiger partial charge in [-0.2, -0.15) is 0 Å². The van der Waals surface area contributed by atoms with Crippen molar-refractivity contribution in [3.63, 3.8) is 0 Å². The van der Waals surface area contributed by atoms with Gasteiger partial charge in [-0.25, -0.2) is 4.39 Å². The van der Waals surface area contributed by atoms with E-state index in [1.54, 1.807) is 12.1 Å². The quantitative estimate of drug-likeness (QED) is 0.744. The maximum absolute atomic E-state index is 13.2. The minimum absolute atomic E-state index is 0.217. The van der Waals surface area contributed by atoms with Gasteiger partial charge in [0, 0.05) is 10.1 Å². The fourth-order valence-electron chi connectivity index (χ4n) is 1.65. The molecule has 0 aromatic heterocycles. The summed E-state index contributed by atoms with van der Waals surface area (Å²) in [5.74, 6) is -0.217. The molecule has 0 spiro atoms. The minimum Gasteiger partial charge on any atom is -0.380 e. The van der Waals surface area contributed by atoms with Crippen LogP contribution >= 0.6 is 34.2 Å². The van der Waals surface area contributed by atoms with Crippen LogP contribution in [0.4, 0.5) is 10.1 Å². The molecule has 0 atom stereocenters. The molecular formula is C14H12ClFIN. The number of rotatable bonds is 3. The zero-order valence-electron chi connectivity index (χ0n) is 9.81. The van der Waals surface area contributed by atoms with Gasteiger partial charge in [-0.05, 0) is 71.0 Å². The first-order valence-corrected chi connectivity index (χ1v) is 6.96. The summed E-state index contributed by atoms with van der Waals surface area (Å²) in [4.78, 5) is 0. The lowest BCUT2D eigenvalue weighted by molar-refractivity contribution is 0.625. The predicted octanol–water partition coefficient (Wildman–Crippen LogP) is 5.00. The van der Waals surface area contributed by atoms with Crippen molar-refractivity contribution < 1.29 is 4.39 Å². The van der Waals surface area contributed by atoms with E-state index < -0.39 is 0 Å². The molecule has 0 fully saturated rings. The van der Waals surface area contributed by atoms with Gasteiger partial charge in [0.25, 0.3) is 0 Å². The van der Waals surface area contributed by atoms with Crippen molar-refractivity contribution in [2.24, 2.45) is 0 Å². The highest BCUT2D eigenvalue weighted by Crippen LogP contribution is 2.24. The van der Waals surface area contributed by atoms with Crippen LogP contribution in [0, 0.1) is 16.3 Å². The molecule has 1 nitrogen and oxygen atoms in total. The lowest BCUT2D eigenvalue weighted by Gasteiger charge is -2.11. The van der Waals surface area contributed by atoms with Crippen LogP contribution in [-0.4, -0.2) is 0 Å². The Labute approximate surface area is 124 Å². The highest BCUT2D eigenvalue weighted by Gasteiger charge is 2.03. The Kier molecular flexibility index (Phi) is 4.45. The highest BCUT2D eigenvalue weighted by molar-refractivity contribution is 14.1. The molecule has 0 saturated heterocycles. The molecule has 4 heteroatoms. The minimum atomic E-state index is -0.217. The predicted molar refractivity (Wildman–Crippen MR) is 82.6 cm³/mol. The van der Waals surface area contributed by atoms with Gasteiger partial charge in [0.2, 0.25) is 0 Å². The van der Waals surface area contributed by atoms with Gasteiger partial charge in [-0.3, -0.25) is 0 Å². The van der Waals surface area contributed by atoms with Gasteiger partial charge >= 0.3 is 0 Å². The molecular weight excluding hydrogens is 364 g/mol. The van der Waals surface area contributed by atoms with E-state index in [0.29, 0.717) is 11.6 Å². The van der Waals surface area contributed by atoms with Crippen LogP contribution in [0.15, 0.2) is 36.4 Å². The molecule has 0 amide bonds. The third-order valence-electron chi connectivity index (χ3n) is 2.71. The van der Waals surface area contributed by atoms with E-state index in [1.807, 2.05) is 25.1 Å². The molecule has 0 bridgehead atoms. The summed E-state index contributed by atoms with van der Waals surface area (Å²) in [5.41, 5.74) is 2.86. The second-order valence-corrected chi connectivity index (χ2v) is 5.70. The average molecular weight is 376 g/mol. The van der Waals surface area contributed by atoms with Crippen molar-refractivity contribution in [2.45, 2.75) is 13.5 Å². The summed E-state index contributed by atoms with van der Waals surface area (Å²) in [5, 5.41) is 3.90. The van der Waals surface area contributed by atoms with Gasteiger partial charge in [-0.1, -0.05) is 17.7 Å². The molecule has 0 saturated carbocycles. The van der Waals surface area contributed by atoms with Crippen molar-refractivity contribution in [1.82, 2.24) is 0 Å². The van der Waals surface area contributed by atoms with Crippen LogP contribution in [0.1, 0.15) is 11.1 Å². The van der Waals surface area contributed by atoms with E-state index in [4.69, 9.17) is 11.6 Å². The zero-order valence-corrected chi connectivity index (χ0v) is 12.7. The molecule has 94 valence electrons. The molecule has 2 aromatic carbocycles. The number of anilines is 1. The Morgan fingerprint density at radius 1 is 1.22 bits per heavy atom. The fraction of sp³-hybridized carbons (Fsp3) is 0.143. The second-order valence-electron chi connectivity index (χ2n) is 4.05. The van der Waals surface area contributed by atoms with Gasteiger partial charge in [-0.15, -0.1) is 0 Å². The Bertz CT molecular complexity index is 572. The molecule has 0 unspecified atom stereocenters. The molecule has 0 heterocycles. The molecule has 2 aromatic rings. The topological polar surface area (TPSA) is 12.0 Å². The molecule has 2 rings (SSSR count). The van der Waals surface area contributed by atoms with E-state index >= 15 is 0 Å². The van der Waals surface area contributed by atoms with Crippen molar-refractivity contribution in [2.75, 3.05) is 5.32 Å². The third-order valence-corrected chi connectivity index (χ3v) is 3.70. The summed E-state index contributed by atoms with van der Waals surface area (Å²) >= 11 is 8.34. The van der Waals surface area contributed by atoms with E-state index in [0.717, 1.165) is 20.4 Å². The van der Waals surface area contributed by atoms with Gasteiger partial charge in [0.05, 0.1) is 10.7 Å². The lowest BCUT2D eigenvalue weighted by Crippen LogP contribution is -2.02. The van der Waals surface area contributed by atoms with Crippen molar-refractivity contribution >= 4 is 39.9 Å². The molecule has 0 aliphatic heterocycles. The van der Waals surface area contributed by atoms with Gasteiger partial charge in [0.1, 0.15) is 5.82 Å². The monoisotopic (exact) mass is 375 g/mol. The van der Waals surface area contributed by atoms with Crippen LogP contribution in [0.3, 0.4) is 0 Å². The SMILES string of the molecule is Cc1ccc(F)cc1CNc1ccc(I)cc1Cl. The fourth-order valence-corrected chi connectivity index (χ4v) is 2.58. The van der Waals surface area contributed by atoms with Crippen molar-refractivity contribution in [3.05, 3.63) is 61.9 Å². The van der Waals surface area contributed by atoms with Gasteiger partial charge < -0.3 is 5.32 Å². The number of halogens is 3. The average Bonchev–Trinajstić information content (AvgIpc) is 2.32. The summed E-state index contributed by atoms with van der Waals surface area (Å²) < 4.78 is 14.2. The first-order valence-electron chi connectivity index (χ1n) is 5.50. The standard InChI is InChI=1S/C14H12ClFIN/c1-9-2-3-11(16)6-10(9)8-18-14-5-4-12(17)7-13(14)15/h2-7,18H,8H2,1H3. The summed E-state index contributed by atoms with van der Waals surface area (Å²) in [6.45, 7) is 2.52. The largest absolute Gasteiger partial charge is 0.380 e. The number of benzene rings is 2. The first-order chi connectivity index (χ1) is 8.56. The number of hydrogen-bond donors (Lipinski definition) is 1. The van der Waals surface area contributed by atoms with Crippen LogP contribution in [0.5, 0.6) is 0 Å². The second kappa shape index (κ2) is 5.89. The summed E-state index contributed by atoms with van der Waals surface area (Å²) in [7, 11) is 0. The normalized spacial score (nSPS) is 10.4.